The van der Waals surface area contributed by atoms with Gasteiger partial charge in [-0.15, -0.1) is 0 Å². The highest BCUT2D eigenvalue weighted by Crippen LogP contribution is 2.24. The molecular weight excluding hydrogens is 272 g/mol. The minimum Gasteiger partial charge on any atom is -0.485 e. The van der Waals surface area contributed by atoms with Gasteiger partial charge in [0.25, 0.3) is 0 Å². The number of hydrogen-bond acceptors (Lipinski definition) is 2. The SMILES string of the molecule is NCc1cccc(F)c1OCc1ccc(Cl)c(F)c1. The lowest BCUT2D eigenvalue weighted by Gasteiger charge is -2.11. The topological polar surface area (TPSA) is 35.2 Å². The third kappa shape index (κ3) is 3.22. The average Bonchev–Trinajstić information content (AvgIpc) is 2.41. The summed E-state index contributed by atoms with van der Waals surface area (Å²) in [5.41, 5.74) is 6.64. The molecule has 0 atom stereocenters. The zero-order chi connectivity index (χ0) is 13.8. The van der Waals surface area contributed by atoms with E-state index in [1.165, 1.54) is 18.2 Å². The lowest BCUT2D eigenvalue weighted by atomic mass is 10.2. The number of benzene rings is 2. The van der Waals surface area contributed by atoms with Crippen molar-refractivity contribution >= 4 is 11.6 Å². The van der Waals surface area contributed by atoms with Crippen molar-refractivity contribution in [3.8, 4) is 5.75 Å². The third-order valence-corrected chi connectivity index (χ3v) is 2.94. The molecule has 19 heavy (non-hydrogen) atoms. The molecule has 2 aromatic rings. The highest BCUT2D eigenvalue weighted by atomic mass is 35.5. The Bertz CT molecular complexity index is 590. The van der Waals surface area contributed by atoms with E-state index in [1.807, 2.05) is 0 Å². The van der Waals surface area contributed by atoms with Gasteiger partial charge in [0.1, 0.15) is 12.4 Å². The summed E-state index contributed by atoms with van der Waals surface area (Å²) < 4.78 is 32.2. The zero-order valence-corrected chi connectivity index (χ0v) is 10.8. The maximum Gasteiger partial charge on any atom is 0.165 e. The van der Waals surface area contributed by atoms with Gasteiger partial charge in [0.2, 0.25) is 0 Å². The lowest BCUT2D eigenvalue weighted by molar-refractivity contribution is 0.286. The Labute approximate surface area is 114 Å². The molecule has 0 fully saturated rings. The van der Waals surface area contributed by atoms with Gasteiger partial charge in [-0.2, -0.15) is 0 Å². The van der Waals surface area contributed by atoms with Gasteiger partial charge in [0, 0.05) is 12.1 Å². The lowest BCUT2D eigenvalue weighted by Crippen LogP contribution is -2.04. The van der Waals surface area contributed by atoms with Gasteiger partial charge in [-0.3, -0.25) is 0 Å². The first-order valence-corrected chi connectivity index (χ1v) is 6.04. The summed E-state index contributed by atoms with van der Waals surface area (Å²) in [5, 5.41) is 0.0392. The fraction of sp³-hybridized carbons (Fsp3) is 0.143. The Hall–Kier alpha value is -1.65. The fourth-order valence-corrected chi connectivity index (χ4v) is 1.78. The molecule has 0 spiro atoms. The van der Waals surface area contributed by atoms with Crippen LogP contribution in [0.2, 0.25) is 5.02 Å². The minimum absolute atomic E-state index is 0.0392. The summed E-state index contributed by atoms with van der Waals surface area (Å²) in [4.78, 5) is 0. The zero-order valence-electron chi connectivity index (χ0n) is 10.00. The Morgan fingerprint density at radius 3 is 2.58 bits per heavy atom. The maximum absolute atomic E-state index is 13.6. The normalized spacial score (nSPS) is 10.5. The molecule has 100 valence electrons. The van der Waals surface area contributed by atoms with E-state index < -0.39 is 11.6 Å². The molecule has 2 nitrogen and oxygen atoms in total. The summed E-state index contributed by atoms with van der Waals surface area (Å²) >= 11 is 5.58. The molecule has 0 aromatic heterocycles. The second-order valence-electron chi connectivity index (χ2n) is 3.97. The van der Waals surface area contributed by atoms with Crippen molar-refractivity contribution in [2.75, 3.05) is 0 Å². The van der Waals surface area contributed by atoms with Crippen LogP contribution in [0.25, 0.3) is 0 Å². The van der Waals surface area contributed by atoms with Crippen LogP contribution in [0, 0.1) is 11.6 Å². The molecule has 2 N–H and O–H groups in total. The molecule has 0 amide bonds. The van der Waals surface area contributed by atoms with E-state index in [0.29, 0.717) is 11.1 Å². The molecule has 0 aliphatic rings. The van der Waals surface area contributed by atoms with Crippen LogP contribution in [0.15, 0.2) is 36.4 Å². The van der Waals surface area contributed by atoms with Gasteiger partial charge >= 0.3 is 0 Å². The summed E-state index contributed by atoms with van der Waals surface area (Å²) in [5.74, 6) is -0.923. The van der Waals surface area contributed by atoms with Gasteiger partial charge < -0.3 is 10.5 Å². The van der Waals surface area contributed by atoms with Crippen LogP contribution in [0.5, 0.6) is 5.75 Å². The van der Waals surface area contributed by atoms with Gasteiger partial charge in [-0.1, -0.05) is 29.8 Å². The van der Waals surface area contributed by atoms with Crippen molar-refractivity contribution in [3.63, 3.8) is 0 Å². The van der Waals surface area contributed by atoms with E-state index >= 15 is 0 Å². The van der Waals surface area contributed by atoms with Crippen molar-refractivity contribution in [1.82, 2.24) is 0 Å². The molecular formula is C14H12ClF2NO. The first-order valence-electron chi connectivity index (χ1n) is 5.66. The number of nitrogens with two attached hydrogens (primary N) is 1. The Kier molecular flexibility index (Phi) is 4.35. The molecule has 0 unspecified atom stereocenters. The third-order valence-electron chi connectivity index (χ3n) is 2.64. The average molecular weight is 284 g/mol. The van der Waals surface area contributed by atoms with E-state index in [9.17, 15) is 8.78 Å². The van der Waals surface area contributed by atoms with Crippen molar-refractivity contribution in [2.24, 2.45) is 5.73 Å². The first-order chi connectivity index (χ1) is 9.11. The van der Waals surface area contributed by atoms with Crippen LogP contribution in [0.4, 0.5) is 8.78 Å². The predicted molar refractivity (Wildman–Crippen MR) is 70.0 cm³/mol. The standard InChI is InChI=1S/C14H12ClF2NO/c15-11-5-4-9(6-13(11)17)8-19-14-10(7-18)2-1-3-12(14)16/h1-6H,7-8,18H2. The summed E-state index contributed by atoms with van der Waals surface area (Å²) in [7, 11) is 0. The minimum atomic E-state index is -0.532. The number of halogens is 3. The van der Waals surface area contributed by atoms with E-state index in [4.69, 9.17) is 22.1 Å². The van der Waals surface area contributed by atoms with Crippen LogP contribution < -0.4 is 10.5 Å². The maximum atomic E-state index is 13.6. The monoisotopic (exact) mass is 283 g/mol. The summed E-state index contributed by atoms with van der Waals surface area (Å²) in [6.07, 6.45) is 0. The molecule has 0 saturated carbocycles. The summed E-state index contributed by atoms with van der Waals surface area (Å²) in [6, 6.07) is 8.84. The van der Waals surface area contributed by atoms with Gasteiger partial charge in [-0.25, -0.2) is 8.78 Å². The van der Waals surface area contributed by atoms with Gasteiger partial charge in [0.05, 0.1) is 5.02 Å². The number of para-hydroxylation sites is 1. The van der Waals surface area contributed by atoms with E-state index in [1.54, 1.807) is 18.2 Å². The molecule has 5 heteroatoms. The molecule has 0 saturated heterocycles. The Morgan fingerprint density at radius 2 is 1.89 bits per heavy atom. The Morgan fingerprint density at radius 1 is 1.11 bits per heavy atom. The first kappa shape index (κ1) is 13.8. The highest BCUT2D eigenvalue weighted by Gasteiger charge is 2.09. The van der Waals surface area contributed by atoms with Gasteiger partial charge in [0.15, 0.2) is 11.6 Å². The summed E-state index contributed by atoms with van der Waals surface area (Å²) in [6.45, 7) is 0.212. The van der Waals surface area contributed by atoms with E-state index in [2.05, 4.69) is 0 Å². The fourth-order valence-electron chi connectivity index (χ4n) is 1.66. The van der Waals surface area contributed by atoms with Crippen LogP contribution in [0.1, 0.15) is 11.1 Å². The molecule has 0 aliphatic carbocycles. The quantitative estimate of drug-likeness (QED) is 0.929. The second-order valence-corrected chi connectivity index (χ2v) is 4.38. The van der Waals surface area contributed by atoms with Crippen molar-refractivity contribution < 1.29 is 13.5 Å². The number of hydrogen-bond donors (Lipinski definition) is 1. The molecule has 0 heterocycles. The van der Waals surface area contributed by atoms with Crippen LogP contribution in [0.3, 0.4) is 0 Å². The molecule has 2 aromatic carbocycles. The van der Waals surface area contributed by atoms with Crippen molar-refractivity contribution in [3.05, 3.63) is 64.2 Å². The highest BCUT2D eigenvalue weighted by molar-refractivity contribution is 6.30. The van der Waals surface area contributed by atoms with Crippen LogP contribution >= 0.6 is 11.6 Å². The van der Waals surface area contributed by atoms with Crippen LogP contribution in [-0.2, 0) is 13.2 Å². The molecule has 0 bridgehead atoms. The van der Waals surface area contributed by atoms with Crippen LogP contribution in [-0.4, -0.2) is 0 Å². The number of ether oxygens (including phenoxy) is 1. The molecule has 0 radical (unpaired) electrons. The van der Waals surface area contributed by atoms with E-state index in [0.717, 1.165) is 0 Å². The molecule has 2 rings (SSSR count). The smallest absolute Gasteiger partial charge is 0.165 e. The second kappa shape index (κ2) is 5.99. The van der Waals surface area contributed by atoms with Gasteiger partial charge in [-0.05, 0) is 23.8 Å². The van der Waals surface area contributed by atoms with Crippen molar-refractivity contribution in [1.29, 1.82) is 0 Å². The largest absolute Gasteiger partial charge is 0.485 e. The Balaban J connectivity index is 2.16. The number of rotatable bonds is 4. The van der Waals surface area contributed by atoms with Crippen molar-refractivity contribution in [2.45, 2.75) is 13.2 Å². The van der Waals surface area contributed by atoms with E-state index in [-0.39, 0.29) is 23.9 Å². The molecule has 0 aliphatic heterocycles. The predicted octanol–water partition coefficient (Wildman–Crippen LogP) is 3.66.